The smallest absolute Gasteiger partial charge is 0.0736 e. The van der Waals surface area contributed by atoms with Gasteiger partial charge in [0, 0.05) is 51.1 Å². The fraction of sp³-hybridized carbons (Fsp3) is 0.0182. The second kappa shape index (κ2) is 12.8. The molecule has 13 rings (SSSR count). The molecule has 0 saturated carbocycles. The number of hydrogen-bond acceptors (Lipinski definition) is 4. The first-order chi connectivity index (χ1) is 29.3. The van der Waals surface area contributed by atoms with Crippen LogP contribution < -0.4 is 4.90 Å². The van der Waals surface area contributed by atoms with Gasteiger partial charge in [-0.25, -0.2) is 0 Å². The molecule has 0 unspecified atom stereocenters. The van der Waals surface area contributed by atoms with Crippen LogP contribution in [0.4, 0.5) is 17.1 Å². The third kappa shape index (κ3) is 4.74. The van der Waals surface area contributed by atoms with Crippen LogP contribution in [0.1, 0.15) is 22.3 Å². The van der Waals surface area contributed by atoms with E-state index in [1.165, 1.54) is 106 Å². The highest BCUT2D eigenvalue weighted by atomic mass is 32.2. The van der Waals surface area contributed by atoms with E-state index < -0.39 is 5.41 Å². The Morgan fingerprint density at radius 3 is 1.86 bits per heavy atom. The molecule has 9 aromatic carbocycles. The largest absolute Gasteiger partial charge is 0.308 e. The lowest BCUT2D eigenvalue weighted by molar-refractivity contribution is 0.722. The van der Waals surface area contributed by atoms with Gasteiger partial charge >= 0.3 is 0 Å². The molecule has 0 saturated heterocycles. The minimum Gasteiger partial charge on any atom is -0.308 e. The van der Waals surface area contributed by atoms with Crippen LogP contribution in [0, 0.1) is 0 Å². The highest BCUT2D eigenvalue weighted by Crippen LogP contribution is 2.63. The summed E-state index contributed by atoms with van der Waals surface area (Å²) < 4.78 is 5.18. The van der Waals surface area contributed by atoms with Crippen molar-refractivity contribution in [3.63, 3.8) is 0 Å². The Labute approximate surface area is 354 Å². The van der Waals surface area contributed by atoms with Crippen molar-refractivity contribution in [2.45, 2.75) is 15.2 Å². The Kier molecular flexibility index (Phi) is 7.27. The van der Waals surface area contributed by atoms with E-state index in [2.05, 4.69) is 205 Å². The predicted molar refractivity (Wildman–Crippen MR) is 254 cm³/mol. The van der Waals surface area contributed by atoms with Crippen LogP contribution in [0.5, 0.6) is 0 Å². The van der Waals surface area contributed by atoms with Gasteiger partial charge in [0.25, 0.3) is 0 Å². The zero-order chi connectivity index (χ0) is 38.7. The van der Waals surface area contributed by atoms with E-state index in [9.17, 15) is 0 Å². The van der Waals surface area contributed by atoms with Gasteiger partial charge in [0.05, 0.1) is 21.5 Å². The molecule has 1 aliphatic heterocycles. The SMILES string of the molecule is c1ccc(-c2ccc3sc4cccc(N(c5ccc6c(c5)C5(c7ccccc7S6)c6ccccc6-c6ccccc65)c5cccc6c5sc5ccccc56)c4c3c2)cc1. The summed E-state index contributed by atoms with van der Waals surface area (Å²) in [5.74, 6) is 0. The standard InChI is InChI=1S/C55H33NS3/c1-2-14-34(15-3-1)35-28-30-49-41(32-35)53-46(23-13-27-52(53)57-49)56(47-24-12-19-40-39-18-6-10-25-48(39)59-54(40)47)36-29-31-51-45(33-36)55(44-22-9-11-26-50(44)58-51)42-20-7-4-16-37(42)38-17-5-8-21-43(38)55/h1-33H. The van der Waals surface area contributed by atoms with Crippen molar-refractivity contribution in [3.8, 4) is 22.3 Å². The molecule has 1 nitrogen and oxygen atoms in total. The lowest BCUT2D eigenvalue weighted by Crippen LogP contribution is -2.32. The highest BCUT2D eigenvalue weighted by molar-refractivity contribution is 7.99. The second-order valence-corrected chi connectivity index (χ2v) is 18.8. The van der Waals surface area contributed by atoms with Crippen molar-refractivity contribution in [1.29, 1.82) is 0 Å². The molecular formula is C55H33NS3. The molecule has 59 heavy (non-hydrogen) atoms. The second-order valence-electron chi connectivity index (χ2n) is 15.5. The van der Waals surface area contributed by atoms with Gasteiger partial charge in [-0.3, -0.25) is 0 Å². The van der Waals surface area contributed by atoms with Crippen molar-refractivity contribution < 1.29 is 0 Å². The third-order valence-corrected chi connectivity index (χ3v) is 16.0. The van der Waals surface area contributed by atoms with Crippen molar-refractivity contribution in [1.82, 2.24) is 0 Å². The van der Waals surface area contributed by atoms with Crippen LogP contribution in [0.2, 0.25) is 0 Å². The van der Waals surface area contributed by atoms with E-state index in [0.29, 0.717) is 0 Å². The Morgan fingerprint density at radius 1 is 0.373 bits per heavy atom. The van der Waals surface area contributed by atoms with Gasteiger partial charge in [-0.2, -0.15) is 0 Å². The fourth-order valence-electron chi connectivity index (χ4n) is 10.1. The van der Waals surface area contributed by atoms with E-state index in [1.807, 2.05) is 34.4 Å². The Balaban J connectivity index is 1.13. The summed E-state index contributed by atoms with van der Waals surface area (Å²) in [5.41, 5.74) is 13.5. The van der Waals surface area contributed by atoms with E-state index >= 15 is 0 Å². The molecule has 11 aromatic rings. The summed E-state index contributed by atoms with van der Waals surface area (Å²) in [6.07, 6.45) is 0. The first-order valence-electron chi connectivity index (χ1n) is 20.1. The minimum atomic E-state index is -0.471. The zero-order valence-corrected chi connectivity index (χ0v) is 34.2. The van der Waals surface area contributed by atoms with Crippen LogP contribution in [-0.2, 0) is 5.41 Å². The maximum Gasteiger partial charge on any atom is 0.0736 e. The van der Waals surface area contributed by atoms with Crippen molar-refractivity contribution >= 4 is 91.8 Å². The lowest BCUT2D eigenvalue weighted by atomic mass is 9.67. The maximum atomic E-state index is 2.58. The van der Waals surface area contributed by atoms with E-state index in [-0.39, 0.29) is 0 Å². The van der Waals surface area contributed by atoms with Gasteiger partial charge in [0.15, 0.2) is 0 Å². The Hall–Kier alpha value is -6.43. The molecule has 0 atom stereocenters. The number of nitrogens with zero attached hydrogens (tertiary/aromatic N) is 1. The average Bonchev–Trinajstić information content (AvgIpc) is 3.96. The number of rotatable bonds is 4. The summed E-state index contributed by atoms with van der Waals surface area (Å²) in [5, 5.41) is 5.16. The Morgan fingerprint density at radius 2 is 1.02 bits per heavy atom. The topological polar surface area (TPSA) is 3.24 Å². The molecule has 0 fully saturated rings. The molecule has 3 heterocycles. The average molecular weight is 804 g/mol. The molecule has 276 valence electrons. The van der Waals surface area contributed by atoms with Crippen LogP contribution >= 0.6 is 34.4 Å². The molecule has 0 N–H and O–H groups in total. The van der Waals surface area contributed by atoms with Crippen LogP contribution in [0.15, 0.2) is 210 Å². The molecule has 1 aliphatic carbocycles. The van der Waals surface area contributed by atoms with Crippen molar-refractivity contribution in [2.24, 2.45) is 0 Å². The number of hydrogen-bond donors (Lipinski definition) is 0. The highest BCUT2D eigenvalue weighted by Gasteiger charge is 2.50. The molecule has 2 aliphatic rings. The van der Waals surface area contributed by atoms with Crippen LogP contribution in [-0.4, -0.2) is 0 Å². The maximum absolute atomic E-state index is 2.58. The number of thiophene rings is 2. The molecule has 0 radical (unpaired) electrons. The zero-order valence-electron chi connectivity index (χ0n) is 31.7. The molecule has 1 spiro atoms. The minimum absolute atomic E-state index is 0.471. The van der Waals surface area contributed by atoms with Crippen molar-refractivity contribution in [3.05, 3.63) is 222 Å². The molecular weight excluding hydrogens is 771 g/mol. The monoisotopic (exact) mass is 803 g/mol. The Bertz CT molecular complexity index is 3460. The number of fused-ring (bicyclic) bond motifs is 15. The molecule has 0 bridgehead atoms. The summed E-state index contributed by atoms with van der Waals surface area (Å²) in [4.78, 5) is 5.19. The van der Waals surface area contributed by atoms with Gasteiger partial charge in [-0.05, 0) is 105 Å². The fourth-order valence-corrected chi connectivity index (χ4v) is 13.6. The van der Waals surface area contributed by atoms with Gasteiger partial charge in [0.2, 0.25) is 0 Å². The van der Waals surface area contributed by atoms with E-state index in [1.54, 1.807) is 0 Å². The third-order valence-electron chi connectivity index (χ3n) is 12.5. The van der Waals surface area contributed by atoms with Crippen LogP contribution in [0.25, 0.3) is 62.6 Å². The van der Waals surface area contributed by atoms with Gasteiger partial charge in [-0.15, -0.1) is 22.7 Å². The van der Waals surface area contributed by atoms with E-state index in [0.717, 1.165) is 5.69 Å². The summed E-state index contributed by atoms with van der Waals surface area (Å²) in [6.45, 7) is 0. The van der Waals surface area contributed by atoms with Crippen LogP contribution in [0.3, 0.4) is 0 Å². The van der Waals surface area contributed by atoms with Gasteiger partial charge < -0.3 is 4.90 Å². The number of benzene rings is 9. The van der Waals surface area contributed by atoms with Crippen molar-refractivity contribution in [2.75, 3.05) is 4.90 Å². The lowest BCUT2D eigenvalue weighted by Gasteiger charge is -2.40. The predicted octanol–water partition coefficient (Wildman–Crippen LogP) is 16.4. The van der Waals surface area contributed by atoms with Gasteiger partial charge in [0.1, 0.15) is 0 Å². The summed E-state index contributed by atoms with van der Waals surface area (Å²) in [6, 6.07) is 75.0. The summed E-state index contributed by atoms with van der Waals surface area (Å²) >= 11 is 5.68. The van der Waals surface area contributed by atoms with E-state index in [4.69, 9.17) is 0 Å². The quantitative estimate of drug-likeness (QED) is 0.174. The first-order valence-corrected chi connectivity index (χ1v) is 22.5. The molecule has 2 aromatic heterocycles. The van der Waals surface area contributed by atoms with Gasteiger partial charge in [-0.1, -0.05) is 151 Å². The normalized spacial score (nSPS) is 13.5. The first kappa shape index (κ1) is 33.5. The summed E-state index contributed by atoms with van der Waals surface area (Å²) in [7, 11) is 0. The number of anilines is 3. The molecule has 0 amide bonds. The molecule has 4 heteroatoms.